The van der Waals surface area contributed by atoms with Crippen LogP contribution in [-0.2, 0) is 23.4 Å². The number of ether oxygens (including phenoxy) is 2. The molecule has 1 unspecified atom stereocenters. The van der Waals surface area contributed by atoms with Gasteiger partial charge in [-0.3, -0.25) is 13.9 Å². The summed E-state index contributed by atoms with van der Waals surface area (Å²) < 4.78 is 44.6. The van der Waals surface area contributed by atoms with E-state index in [4.69, 9.17) is 21.4 Å². The van der Waals surface area contributed by atoms with Gasteiger partial charge < -0.3 is 30.2 Å². The molecule has 184 valence electrons. The lowest BCUT2D eigenvalue weighted by Gasteiger charge is -2.23. The van der Waals surface area contributed by atoms with Crippen molar-refractivity contribution in [3.8, 4) is 12.3 Å². The molecule has 1 aliphatic carbocycles. The Labute approximate surface area is 194 Å². The molecule has 5 N–H and O–H groups in total. The number of aromatic nitrogens is 4. The number of rotatable bonds is 9. The summed E-state index contributed by atoms with van der Waals surface area (Å²) in [7, 11) is -1.76. The van der Waals surface area contributed by atoms with Crippen LogP contribution in [0.25, 0.3) is 11.2 Å². The number of carbonyl (C=O) groups is 1. The summed E-state index contributed by atoms with van der Waals surface area (Å²) in [5, 5.41) is 16.2. The maximum absolute atomic E-state index is 15.8. The number of fused-ring (bicyclic) bond motifs is 1. The van der Waals surface area contributed by atoms with Gasteiger partial charge in [-0.2, -0.15) is 9.97 Å². The monoisotopic (exact) mass is 497 g/mol. The molecule has 2 aromatic heterocycles. The van der Waals surface area contributed by atoms with Crippen molar-refractivity contribution >= 4 is 37.1 Å². The average Bonchev–Trinajstić information content (AvgIpc) is 3.47. The number of halogens is 1. The highest BCUT2D eigenvalue weighted by atomic mass is 31.1. The summed E-state index contributed by atoms with van der Waals surface area (Å²) in [6, 6.07) is -0.649. The number of esters is 1. The fourth-order valence-electron chi connectivity index (χ4n) is 3.55. The molecule has 13 nitrogen and oxygen atoms in total. The lowest BCUT2D eigenvalue weighted by molar-refractivity contribution is -0.142. The molecule has 4 rings (SSSR count). The molecule has 0 amide bonds. The van der Waals surface area contributed by atoms with Crippen LogP contribution in [0.1, 0.15) is 26.0 Å². The molecule has 0 radical (unpaired) electrons. The third-order valence-corrected chi connectivity index (χ3v) is 6.64. The minimum atomic E-state index is -2.95. The van der Waals surface area contributed by atoms with Gasteiger partial charge in [0.25, 0.3) is 8.18 Å². The smallest absolute Gasteiger partial charge is 0.322 e. The SMILES string of the molecule is C#C[C@@]1(F)[C@H](O)[C@@H](CO[PH](=O)N[C@@H](C)C(=O)OC)O[C@H]1n1cnc2c(NC3CC3)nc(N)nc21. The number of hydrogen-bond donors (Lipinski definition) is 4. The summed E-state index contributed by atoms with van der Waals surface area (Å²) in [5.41, 5.74) is 3.65. The van der Waals surface area contributed by atoms with E-state index in [0.29, 0.717) is 11.3 Å². The van der Waals surface area contributed by atoms with Crippen LogP contribution >= 0.6 is 8.18 Å². The van der Waals surface area contributed by atoms with Gasteiger partial charge in [-0.1, -0.05) is 5.92 Å². The zero-order chi connectivity index (χ0) is 24.6. The van der Waals surface area contributed by atoms with Crippen LogP contribution in [-0.4, -0.2) is 74.3 Å². The normalized spacial score (nSPS) is 28.4. The molecule has 34 heavy (non-hydrogen) atoms. The number of hydrogen-bond acceptors (Lipinski definition) is 11. The number of nitrogens with zero attached hydrogens (tertiary/aromatic N) is 4. The second-order valence-electron chi connectivity index (χ2n) is 8.04. The van der Waals surface area contributed by atoms with Crippen molar-refractivity contribution in [2.24, 2.45) is 0 Å². The van der Waals surface area contributed by atoms with Crippen molar-refractivity contribution < 1.29 is 32.9 Å². The Balaban J connectivity index is 1.54. The molecule has 2 aromatic rings. The fraction of sp³-hybridized carbons (Fsp3) is 0.579. The number of aliphatic hydroxyl groups excluding tert-OH is 1. The molecule has 1 saturated carbocycles. The molecular weight excluding hydrogens is 472 g/mol. The molecule has 15 heteroatoms. The Morgan fingerprint density at radius 2 is 2.29 bits per heavy atom. The van der Waals surface area contributed by atoms with E-state index in [2.05, 4.69) is 30.1 Å². The van der Waals surface area contributed by atoms with Gasteiger partial charge >= 0.3 is 5.97 Å². The predicted octanol–water partition coefficient (Wildman–Crippen LogP) is 0.140. The van der Waals surface area contributed by atoms with Gasteiger partial charge in [0.05, 0.1) is 20.0 Å². The summed E-state index contributed by atoms with van der Waals surface area (Å²) in [6.45, 7) is 0.964. The molecule has 0 bridgehead atoms. The second-order valence-corrected chi connectivity index (χ2v) is 9.20. The Morgan fingerprint density at radius 3 is 2.94 bits per heavy atom. The van der Waals surface area contributed by atoms with E-state index in [1.165, 1.54) is 24.9 Å². The van der Waals surface area contributed by atoms with Crippen molar-refractivity contribution in [1.29, 1.82) is 0 Å². The van der Waals surface area contributed by atoms with Crippen LogP contribution in [0, 0.1) is 12.3 Å². The number of nitrogen functional groups attached to an aromatic ring is 1. The van der Waals surface area contributed by atoms with E-state index in [1.54, 1.807) is 0 Å². The number of terminal acetylenes is 1. The van der Waals surface area contributed by atoms with Crippen LogP contribution in [0.5, 0.6) is 0 Å². The van der Waals surface area contributed by atoms with Gasteiger partial charge in [0.1, 0.15) is 18.2 Å². The van der Waals surface area contributed by atoms with Crippen molar-refractivity contribution in [2.45, 2.75) is 56.0 Å². The number of methoxy groups -OCH3 is 1. The molecular formula is C19H25FN7O6P. The van der Waals surface area contributed by atoms with Crippen LogP contribution in [0.15, 0.2) is 6.33 Å². The zero-order valence-electron chi connectivity index (χ0n) is 18.4. The van der Waals surface area contributed by atoms with Gasteiger partial charge in [0, 0.05) is 6.04 Å². The van der Waals surface area contributed by atoms with Crippen molar-refractivity contribution in [3.05, 3.63) is 6.33 Å². The first-order valence-electron chi connectivity index (χ1n) is 10.5. The Bertz CT molecular complexity index is 1150. The van der Waals surface area contributed by atoms with Crippen LogP contribution in [0.2, 0.25) is 0 Å². The maximum Gasteiger partial charge on any atom is 0.322 e. The molecule has 6 atom stereocenters. The van der Waals surface area contributed by atoms with Crippen molar-refractivity contribution in [2.75, 3.05) is 24.8 Å². The van der Waals surface area contributed by atoms with Crippen molar-refractivity contribution in [1.82, 2.24) is 24.6 Å². The Morgan fingerprint density at radius 1 is 1.56 bits per heavy atom. The highest BCUT2D eigenvalue weighted by molar-refractivity contribution is 7.36. The van der Waals surface area contributed by atoms with E-state index in [0.717, 1.165) is 12.8 Å². The number of anilines is 2. The lowest BCUT2D eigenvalue weighted by Crippen LogP contribution is -2.42. The largest absolute Gasteiger partial charge is 0.468 e. The first-order valence-corrected chi connectivity index (χ1v) is 11.8. The summed E-state index contributed by atoms with van der Waals surface area (Å²) in [4.78, 5) is 24.0. The van der Waals surface area contributed by atoms with Crippen molar-refractivity contribution in [3.63, 3.8) is 0 Å². The van der Waals surface area contributed by atoms with Gasteiger partial charge in [-0.15, -0.1) is 6.42 Å². The molecule has 3 heterocycles. The summed E-state index contributed by atoms with van der Waals surface area (Å²) in [6.07, 6.45) is 4.03. The van der Waals surface area contributed by atoms with Crippen LogP contribution in [0.3, 0.4) is 0 Å². The molecule has 0 spiro atoms. The number of aliphatic hydroxyl groups is 1. The fourth-order valence-corrected chi connectivity index (χ4v) is 4.42. The number of imidazole rings is 1. The number of nitrogens with two attached hydrogens (primary N) is 1. The van der Waals surface area contributed by atoms with E-state index < -0.39 is 50.9 Å². The third kappa shape index (κ3) is 4.57. The minimum absolute atomic E-state index is 0.0645. The van der Waals surface area contributed by atoms with Crippen LogP contribution < -0.4 is 16.1 Å². The summed E-state index contributed by atoms with van der Waals surface area (Å²) >= 11 is 0. The molecule has 2 aliphatic rings. The molecule has 1 aliphatic heterocycles. The molecule has 2 fully saturated rings. The molecule has 1 saturated heterocycles. The minimum Gasteiger partial charge on any atom is -0.468 e. The topological polar surface area (TPSA) is 176 Å². The first-order chi connectivity index (χ1) is 16.2. The van der Waals surface area contributed by atoms with Gasteiger partial charge in [0.15, 0.2) is 23.2 Å². The predicted molar refractivity (Wildman–Crippen MR) is 119 cm³/mol. The quantitative estimate of drug-likeness (QED) is 0.210. The average molecular weight is 497 g/mol. The highest BCUT2D eigenvalue weighted by Gasteiger charge is 2.58. The van der Waals surface area contributed by atoms with E-state index in [1.807, 2.05) is 5.92 Å². The van der Waals surface area contributed by atoms with Gasteiger partial charge in [-0.25, -0.2) is 14.5 Å². The Hall–Kier alpha value is -2.82. The summed E-state index contributed by atoms with van der Waals surface area (Å²) in [5.74, 6) is 1.65. The van der Waals surface area contributed by atoms with Gasteiger partial charge in [0.2, 0.25) is 11.6 Å². The highest BCUT2D eigenvalue weighted by Crippen LogP contribution is 2.43. The standard InChI is InChI=1S/C19H25FN7O6P/c1-4-19(20)13(28)11(7-32-34(30)26-9(2)16(29)31-3)33-17(19)27-8-22-12-14(23-10-5-6-10)24-18(21)25-15(12)27/h1,8-11,13,17,28,34H,5-7H2,2-3H3,(H,26,30)(H3,21,23,24,25)/t9-,11+,13+,17+,19+/m0/s1. The van der Waals surface area contributed by atoms with Gasteiger partial charge in [-0.05, 0) is 19.8 Å². The second kappa shape index (κ2) is 9.44. The third-order valence-electron chi connectivity index (χ3n) is 5.54. The van der Waals surface area contributed by atoms with Crippen LogP contribution in [0.4, 0.5) is 16.2 Å². The first kappa shape index (κ1) is 24.3. The number of nitrogens with one attached hydrogen (secondary N) is 2. The number of carbonyl (C=O) groups excluding carboxylic acids is 1. The zero-order valence-corrected chi connectivity index (χ0v) is 19.4. The van der Waals surface area contributed by atoms with E-state index >= 15 is 4.39 Å². The van der Waals surface area contributed by atoms with E-state index in [-0.39, 0.29) is 17.6 Å². The Kier molecular flexibility index (Phi) is 6.75. The van der Waals surface area contributed by atoms with E-state index in [9.17, 15) is 14.5 Å². The number of alkyl halides is 1. The lowest BCUT2D eigenvalue weighted by atomic mass is 9.97. The molecule has 0 aromatic carbocycles. The maximum atomic E-state index is 15.8.